The Bertz CT molecular complexity index is 1830. The van der Waals surface area contributed by atoms with Crippen LogP contribution < -0.4 is 10.6 Å². The van der Waals surface area contributed by atoms with Gasteiger partial charge in [0.25, 0.3) is 5.91 Å². The molecule has 4 atom stereocenters. The molecular weight excluding hydrogens is 559 g/mol. The third-order valence-corrected chi connectivity index (χ3v) is 10.3. The Morgan fingerprint density at radius 1 is 1.05 bits per heavy atom. The molecule has 2 aromatic carbocycles. The van der Waals surface area contributed by atoms with E-state index in [0.29, 0.717) is 35.4 Å². The Hall–Kier alpha value is -4.08. The maximum absolute atomic E-state index is 15.9. The van der Waals surface area contributed by atoms with Crippen molar-refractivity contribution in [2.75, 3.05) is 18.4 Å². The number of rotatable bonds is 4. The van der Waals surface area contributed by atoms with E-state index in [9.17, 15) is 9.59 Å². The number of alkyl carbamates (subject to hydrolysis) is 1. The van der Waals surface area contributed by atoms with E-state index in [4.69, 9.17) is 9.72 Å². The van der Waals surface area contributed by atoms with Gasteiger partial charge in [0.2, 0.25) is 0 Å². The third kappa shape index (κ3) is 4.20. The molecule has 2 aliphatic heterocycles. The summed E-state index contributed by atoms with van der Waals surface area (Å²) >= 11 is 0. The second kappa shape index (κ2) is 9.71. The Labute approximate surface area is 255 Å². The van der Waals surface area contributed by atoms with Crippen molar-refractivity contribution in [1.82, 2.24) is 24.3 Å². The van der Waals surface area contributed by atoms with E-state index < -0.39 is 17.5 Å². The van der Waals surface area contributed by atoms with Crippen LogP contribution in [0.5, 0.6) is 0 Å². The summed E-state index contributed by atoms with van der Waals surface area (Å²) in [5.74, 6) is 0.747. The van der Waals surface area contributed by atoms with Crippen molar-refractivity contribution in [2.24, 2.45) is 18.9 Å². The first-order valence-electron chi connectivity index (χ1n) is 15.9. The third-order valence-electron chi connectivity index (χ3n) is 10.3. The fourth-order valence-electron chi connectivity index (χ4n) is 8.16. The van der Waals surface area contributed by atoms with Crippen LogP contribution in [-0.4, -0.2) is 61.8 Å². The SMILES string of the molecule is Cn1c(-c2cc3cccc4c3n2C(C2CCC2)CN4)nc2cc(C(=O)N3C[C@H]4CC[C@@H]3[C@@H]4NC(=O)OC(C)(C)C)cc(F)c21. The molecule has 44 heavy (non-hydrogen) atoms. The van der Waals surface area contributed by atoms with Crippen molar-refractivity contribution >= 4 is 39.6 Å². The largest absolute Gasteiger partial charge is 0.444 e. The van der Waals surface area contributed by atoms with Crippen LogP contribution in [0.2, 0.25) is 0 Å². The minimum atomic E-state index is -0.603. The second-order valence-electron chi connectivity index (χ2n) is 14.1. The van der Waals surface area contributed by atoms with Crippen molar-refractivity contribution in [3.63, 3.8) is 0 Å². The number of likely N-dealkylation sites (tertiary alicyclic amines) is 1. The second-order valence-corrected chi connectivity index (χ2v) is 14.1. The molecule has 1 saturated heterocycles. The van der Waals surface area contributed by atoms with Crippen molar-refractivity contribution in [1.29, 1.82) is 0 Å². The summed E-state index contributed by atoms with van der Waals surface area (Å²) in [6, 6.07) is 11.5. The predicted octanol–water partition coefficient (Wildman–Crippen LogP) is 6.23. The molecule has 4 aromatic rings. The molecule has 2 N–H and O–H groups in total. The van der Waals surface area contributed by atoms with Crippen LogP contribution in [0, 0.1) is 17.7 Å². The number of halogens is 1. The number of piperidine rings is 1. The highest BCUT2D eigenvalue weighted by Crippen LogP contribution is 2.46. The van der Waals surface area contributed by atoms with Gasteiger partial charge < -0.3 is 29.4 Å². The molecule has 2 amide bonds. The van der Waals surface area contributed by atoms with Crippen molar-refractivity contribution in [2.45, 2.75) is 76.6 Å². The highest BCUT2D eigenvalue weighted by Gasteiger charge is 2.50. The average Bonchev–Trinajstić information content (AvgIpc) is 3.69. The molecule has 3 fully saturated rings. The highest BCUT2D eigenvalue weighted by atomic mass is 19.1. The summed E-state index contributed by atoms with van der Waals surface area (Å²) in [7, 11) is 1.85. The topological polar surface area (TPSA) is 93.4 Å². The number of aromatic nitrogens is 3. The molecule has 4 aliphatic rings. The molecule has 0 radical (unpaired) electrons. The van der Waals surface area contributed by atoms with Gasteiger partial charge >= 0.3 is 6.09 Å². The quantitative estimate of drug-likeness (QED) is 0.291. The number of nitrogens with zero attached hydrogens (tertiary/aromatic N) is 4. The molecule has 2 aliphatic carbocycles. The fraction of sp³-hybridized carbons (Fsp3) is 0.500. The van der Waals surface area contributed by atoms with Crippen LogP contribution in [0.4, 0.5) is 14.9 Å². The number of nitrogens with one attached hydrogen (secondary N) is 2. The first-order valence-corrected chi connectivity index (χ1v) is 15.9. The van der Waals surface area contributed by atoms with Gasteiger partial charge in [-0.1, -0.05) is 18.6 Å². The first-order chi connectivity index (χ1) is 21.1. The van der Waals surface area contributed by atoms with Crippen LogP contribution >= 0.6 is 0 Å². The number of para-hydroxylation sites is 1. The number of benzene rings is 2. The van der Waals surface area contributed by atoms with Crippen LogP contribution in [0.25, 0.3) is 33.5 Å². The van der Waals surface area contributed by atoms with Crippen LogP contribution in [0.3, 0.4) is 0 Å². The lowest BCUT2D eigenvalue weighted by atomic mass is 9.79. The zero-order valence-corrected chi connectivity index (χ0v) is 25.7. The summed E-state index contributed by atoms with van der Waals surface area (Å²) in [5, 5.41) is 7.78. The van der Waals surface area contributed by atoms with E-state index in [1.165, 1.54) is 30.8 Å². The van der Waals surface area contributed by atoms with Gasteiger partial charge in [-0.3, -0.25) is 4.79 Å². The maximum Gasteiger partial charge on any atom is 0.407 e. The number of ether oxygens (including phenoxy) is 1. The number of aryl methyl sites for hydroxylation is 1. The number of hydrogen-bond donors (Lipinski definition) is 2. The Kier molecular flexibility index (Phi) is 6.06. The van der Waals surface area contributed by atoms with Crippen molar-refractivity contribution in [3.05, 3.63) is 47.8 Å². The number of hydrogen-bond acceptors (Lipinski definition) is 5. The van der Waals surface area contributed by atoms with Gasteiger partial charge in [0.15, 0.2) is 5.82 Å². The zero-order chi connectivity index (χ0) is 30.5. The van der Waals surface area contributed by atoms with Gasteiger partial charge in [0.05, 0.1) is 40.5 Å². The van der Waals surface area contributed by atoms with E-state index in [-0.39, 0.29) is 29.5 Å². The van der Waals surface area contributed by atoms with E-state index in [1.54, 1.807) is 11.0 Å². The summed E-state index contributed by atoms with van der Waals surface area (Å²) in [6.07, 6.45) is 4.93. The molecule has 2 bridgehead atoms. The molecule has 8 rings (SSSR count). The smallest absolute Gasteiger partial charge is 0.407 e. The Balaban J connectivity index is 1.13. The summed E-state index contributed by atoms with van der Waals surface area (Å²) in [6.45, 7) is 6.87. The first kappa shape index (κ1) is 27.5. The van der Waals surface area contributed by atoms with Gasteiger partial charge in [-0.2, -0.15) is 0 Å². The zero-order valence-electron chi connectivity index (χ0n) is 25.7. The number of amides is 2. The molecule has 4 heterocycles. The molecule has 230 valence electrons. The molecule has 2 saturated carbocycles. The summed E-state index contributed by atoms with van der Waals surface area (Å²) in [4.78, 5) is 33.1. The molecule has 9 nitrogen and oxygen atoms in total. The lowest BCUT2D eigenvalue weighted by Gasteiger charge is -2.39. The van der Waals surface area contributed by atoms with Crippen molar-refractivity contribution < 1.29 is 18.7 Å². The van der Waals surface area contributed by atoms with Gasteiger partial charge in [-0.15, -0.1) is 0 Å². The number of carbonyl (C=O) groups is 2. The van der Waals surface area contributed by atoms with Gasteiger partial charge in [-0.05, 0) is 82.6 Å². The highest BCUT2D eigenvalue weighted by molar-refractivity contribution is 6.00. The standard InChI is InChI=1S/C34H39FN6O3/c1-34(2,3)44-33(43)38-28-20-11-12-25(28)40(17-20)32(42)21-13-22(35)30-24(14-21)37-31(39(30)4)26-15-19-9-6-10-23-29(19)41(26)27(16-36-23)18-7-5-8-18/h6,9-10,13-15,18,20,25,27-28,36H,5,7-8,11-12,16-17H2,1-4H3,(H,38,43)/t20-,25-,27?,28-/m1/s1. The van der Waals surface area contributed by atoms with Gasteiger partial charge in [0, 0.05) is 31.1 Å². The van der Waals surface area contributed by atoms with E-state index in [0.717, 1.165) is 36.2 Å². The number of fused-ring (bicyclic) bond motifs is 3. The minimum Gasteiger partial charge on any atom is -0.444 e. The Morgan fingerprint density at radius 3 is 2.61 bits per heavy atom. The summed E-state index contributed by atoms with van der Waals surface area (Å²) < 4.78 is 25.6. The number of imidazole rings is 1. The Morgan fingerprint density at radius 2 is 1.86 bits per heavy atom. The minimum absolute atomic E-state index is 0.148. The van der Waals surface area contributed by atoms with E-state index in [1.807, 2.05) is 32.4 Å². The number of carbonyl (C=O) groups excluding carboxylic acids is 2. The van der Waals surface area contributed by atoms with E-state index in [2.05, 4.69) is 39.5 Å². The molecule has 2 aromatic heterocycles. The van der Waals surface area contributed by atoms with Gasteiger partial charge in [-0.25, -0.2) is 14.2 Å². The van der Waals surface area contributed by atoms with Crippen LogP contribution in [0.15, 0.2) is 36.4 Å². The lowest BCUT2D eigenvalue weighted by molar-refractivity contribution is 0.0485. The monoisotopic (exact) mass is 598 g/mol. The summed E-state index contributed by atoms with van der Waals surface area (Å²) in [5.41, 5.74) is 3.79. The predicted molar refractivity (Wildman–Crippen MR) is 167 cm³/mol. The van der Waals surface area contributed by atoms with E-state index >= 15 is 4.39 Å². The number of anilines is 1. The molecule has 0 spiro atoms. The average molecular weight is 599 g/mol. The molecule has 10 heteroatoms. The van der Waals surface area contributed by atoms with Crippen molar-refractivity contribution in [3.8, 4) is 11.5 Å². The lowest BCUT2D eigenvalue weighted by Crippen LogP contribution is -2.46. The van der Waals surface area contributed by atoms with Crippen LogP contribution in [0.1, 0.15) is 69.3 Å². The molecular formula is C34H39FN6O3. The normalized spacial score (nSPS) is 24.5. The molecule has 1 unspecified atom stereocenters. The maximum atomic E-state index is 15.9. The van der Waals surface area contributed by atoms with Gasteiger partial charge in [0.1, 0.15) is 16.9 Å². The van der Waals surface area contributed by atoms with Crippen LogP contribution in [-0.2, 0) is 11.8 Å². The fourth-order valence-corrected chi connectivity index (χ4v) is 8.16.